The van der Waals surface area contributed by atoms with Crippen LogP contribution in [0.2, 0.25) is 0 Å². The van der Waals surface area contributed by atoms with Crippen molar-refractivity contribution in [3.8, 4) is 11.5 Å². The van der Waals surface area contributed by atoms with Crippen LogP contribution in [0.4, 0.5) is 5.69 Å². The van der Waals surface area contributed by atoms with Crippen LogP contribution in [0, 0.1) is 0 Å². The third-order valence-electron chi connectivity index (χ3n) is 3.59. The van der Waals surface area contributed by atoms with Crippen molar-refractivity contribution in [1.82, 2.24) is 0 Å². The van der Waals surface area contributed by atoms with Gasteiger partial charge in [-0.1, -0.05) is 0 Å². The smallest absolute Gasteiger partial charge is 0.338 e. The molecule has 2 aromatic rings. The number of benzene rings is 2. The minimum atomic E-state index is -0.335. The Balaban J connectivity index is 1.81. The number of rotatable bonds is 4. The maximum atomic E-state index is 12.3. The van der Waals surface area contributed by atoms with Crippen LogP contribution in [0.1, 0.15) is 26.3 Å². The van der Waals surface area contributed by atoms with E-state index >= 15 is 0 Å². The summed E-state index contributed by atoms with van der Waals surface area (Å²) in [5.74, 6) is 0.416. The molecule has 0 saturated heterocycles. The minimum absolute atomic E-state index is 0.230. The molecule has 0 unspecified atom stereocenters. The molecule has 0 aromatic heterocycles. The van der Waals surface area contributed by atoms with Crippen LogP contribution >= 0.6 is 0 Å². The van der Waals surface area contributed by atoms with E-state index in [0.717, 1.165) is 5.56 Å². The van der Waals surface area contributed by atoms with Gasteiger partial charge in [-0.3, -0.25) is 4.79 Å². The molecule has 0 spiro atoms. The normalized spacial score (nSPS) is 12.3. The summed E-state index contributed by atoms with van der Waals surface area (Å²) in [7, 11) is 3.04. The highest BCUT2D eigenvalue weighted by molar-refractivity contribution is 6.05. The van der Waals surface area contributed by atoms with Gasteiger partial charge in [-0.05, 0) is 36.4 Å². The highest BCUT2D eigenvalue weighted by atomic mass is 16.5. The summed E-state index contributed by atoms with van der Waals surface area (Å²) >= 11 is 0. The van der Waals surface area contributed by atoms with Gasteiger partial charge in [0.15, 0.2) is 11.5 Å². The first-order valence-electron chi connectivity index (χ1n) is 6.96. The molecule has 23 heavy (non-hydrogen) atoms. The summed E-state index contributed by atoms with van der Waals surface area (Å²) < 4.78 is 15.3. The van der Waals surface area contributed by atoms with Gasteiger partial charge in [-0.25, -0.2) is 4.79 Å². The monoisotopic (exact) mass is 313 g/mol. The highest BCUT2D eigenvalue weighted by Crippen LogP contribution is 2.28. The number of esters is 1. The Labute approximate surface area is 133 Å². The Morgan fingerprint density at radius 3 is 2.61 bits per heavy atom. The second-order valence-electron chi connectivity index (χ2n) is 4.97. The van der Waals surface area contributed by atoms with Crippen LogP contribution in [0.3, 0.4) is 0 Å². The number of amides is 1. The second-order valence-corrected chi connectivity index (χ2v) is 4.97. The zero-order chi connectivity index (χ0) is 16.4. The number of nitrogens with one attached hydrogen (secondary N) is 1. The number of methoxy groups -OCH3 is 2. The van der Waals surface area contributed by atoms with Crippen molar-refractivity contribution in [2.75, 3.05) is 19.5 Å². The van der Waals surface area contributed by atoms with Crippen LogP contribution in [0.15, 0.2) is 36.4 Å². The van der Waals surface area contributed by atoms with Crippen LogP contribution in [-0.2, 0) is 11.3 Å². The molecule has 0 bridgehead atoms. The molecule has 1 aliphatic rings. The largest absolute Gasteiger partial charge is 0.493 e. The molecule has 1 heterocycles. The predicted molar refractivity (Wildman–Crippen MR) is 83.1 cm³/mol. The van der Waals surface area contributed by atoms with Gasteiger partial charge in [-0.15, -0.1) is 0 Å². The number of carbonyl (C=O) groups excluding carboxylic acids is 2. The third kappa shape index (κ3) is 2.83. The average molecular weight is 313 g/mol. The molecular weight excluding hydrogens is 298 g/mol. The van der Waals surface area contributed by atoms with E-state index in [4.69, 9.17) is 14.2 Å². The topological polar surface area (TPSA) is 73.9 Å². The van der Waals surface area contributed by atoms with Crippen LogP contribution in [-0.4, -0.2) is 26.1 Å². The van der Waals surface area contributed by atoms with Crippen molar-refractivity contribution in [3.63, 3.8) is 0 Å². The Morgan fingerprint density at radius 1 is 1.09 bits per heavy atom. The fourth-order valence-corrected chi connectivity index (χ4v) is 2.39. The SMILES string of the molecule is COc1ccc(C(=O)Nc2ccc3c(c2)COC3=O)cc1OC. The lowest BCUT2D eigenvalue weighted by molar-refractivity contribution is 0.0535. The standard InChI is InChI=1S/C17H15NO5/c1-21-14-6-3-10(8-15(14)22-2)16(19)18-12-4-5-13-11(7-12)9-23-17(13)20/h3-8H,9H2,1-2H3,(H,18,19). The van der Waals surface area contributed by atoms with Crippen LogP contribution in [0.25, 0.3) is 0 Å². The molecule has 1 N–H and O–H groups in total. The highest BCUT2D eigenvalue weighted by Gasteiger charge is 2.21. The van der Waals surface area contributed by atoms with Gasteiger partial charge in [0.2, 0.25) is 0 Å². The molecule has 6 nitrogen and oxygen atoms in total. The molecule has 0 aliphatic carbocycles. The minimum Gasteiger partial charge on any atom is -0.493 e. The average Bonchev–Trinajstić information content (AvgIpc) is 2.94. The summed E-state index contributed by atoms with van der Waals surface area (Å²) in [6.45, 7) is 0.230. The molecule has 6 heteroatoms. The molecular formula is C17H15NO5. The third-order valence-corrected chi connectivity index (χ3v) is 3.59. The van der Waals surface area contributed by atoms with E-state index < -0.39 is 0 Å². The predicted octanol–water partition coefficient (Wildman–Crippen LogP) is 2.63. The van der Waals surface area contributed by atoms with Gasteiger partial charge >= 0.3 is 5.97 Å². The van der Waals surface area contributed by atoms with Crippen molar-refractivity contribution in [3.05, 3.63) is 53.1 Å². The van der Waals surface area contributed by atoms with Gasteiger partial charge in [0.05, 0.1) is 19.8 Å². The number of fused-ring (bicyclic) bond motifs is 1. The fourth-order valence-electron chi connectivity index (χ4n) is 2.39. The van der Waals surface area contributed by atoms with Crippen molar-refractivity contribution < 1.29 is 23.8 Å². The van der Waals surface area contributed by atoms with Crippen molar-refractivity contribution >= 4 is 17.6 Å². The lowest BCUT2D eigenvalue weighted by Crippen LogP contribution is -2.12. The molecule has 3 rings (SSSR count). The van der Waals surface area contributed by atoms with Gasteiger partial charge in [-0.2, -0.15) is 0 Å². The molecule has 0 atom stereocenters. The number of carbonyl (C=O) groups is 2. The maximum Gasteiger partial charge on any atom is 0.338 e. The fraction of sp³-hybridized carbons (Fsp3) is 0.176. The van der Waals surface area contributed by atoms with Crippen LogP contribution in [0.5, 0.6) is 11.5 Å². The molecule has 0 radical (unpaired) electrons. The molecule has 1 amide bonds. The van der Waals surface area contributed by atoms with Gasteiger partial charge in [0, 0.05) is 16.8 Å². The molecule has 1 aliphatic heterocycles. The van der Waals surface area contributed by atoms with Crippen LogP contribution < -0.4 is 14.8 Å². The van der Waals surface area contributed by atoms with E-state index in [9.17, 15) is 9.59 Å². The number of cyclic esters (lactones) is 1. The first-order valence-corrected chi connectivity index (χ1v) is 6.96. The molecule has 118 valence electrons. The number of anilines is 1. The van der Waals surface area contributed by atoms with E-state index in [1.807, 2.05) is 0 Å². The Morgan fingerprint density at radius 2 is 1.87 bits per heavy atom. The van der Waals surface area contributed by atoms with Crippen molar-refractivity contribution in [2.24, 2.45) is 0 Å². The number of hydrogen-bond acceptors (Lipinski definition) is 5. The zero-order valence-electron chi connectivity index (χ0n) is 12.7. The number of ether oxygens (including phenoxy) is 3. The lowest BCUT2D eigenvalue weighted by atomic mass is 10.1. The Kier molecular flexibility index (Phi) is 3.89. The quantitative estimate of drug-likeness (QED) is 0.878. The van der Waals surface area contributed by atoms with E-state index in [1.165, 1.54) is 14.2 Å². The number of hydrogen-bond donors (Lipinski definition) is 1. The van der Waals surface area contributed by atoms with E-state index in [2.05, 4.69) is 5.32 Å². The Hall–Kier alpha value is -3.02. The summed E-state index contributed by atoms with van der Waals surface area (Å²) in [6.07, 6.45) is 0. The van der Waals surface area contributed by atoms with Gasteiger partial charge in [0.25, 0.3) is 5.91 Å². The lowest BCUT2D eigenvalue weighted by Gasteiger charge is -2.10. The van der Waals surface area contributed by atoms with Crippen molar-refractivity contribution in [1.29, 1.82) is 0 Å². The first kappa shape index (κ1) is 14.9. The first-order chi connectivity index (χ1) is 11.1. The summed E-state index contributed by atoms with van der Waals surface area (Å²) in [5, 5.41) is 2.79. The van der Waals surface area contributed by atoms with Gasteiger partial charge < -0.3 is 19.5 Å². The van der Waals surface area contributed by atoms with E-state index in [-0.39, 0.29) is 18.5 Å². The summed E-state index contributed by atoms with van der Waals surface area (Å²) in [4.78, 5) is 23.8. The summed E-state index contributed by atoms with van der Waals surface area (Å²) in [5.41, 5.74) is 2.34. The van der Waals surface area contributed by atoms with E-state index in [1.54, 1.807) is 36.4 Å². The maximum absolute atomic E-state index is 12.3. The van der Waals surface area contributed by atoms with Crippen molar-refractivity contribution in [2.45, 2.75) is 6.61 Å². The molecule has 0 fully saturated rings. The van der Waals surface area contributed by atoms with E-state index in [0.29, 0.717) is 28.3 Å². The second kappa shape index (κ2) is 6.00. The summed E-state index contributed by atoms with van der Waals surface area (Å²) in [6, 6.07) is 9.98. The molecule has 2 aromatic carbocycles. The zero-order valence-corrected chi connectivity index (χ0v) is 12.7. The van der Waals surface area contributed by atoms with Gasteiger partial charge in [0.1, 0.15) is 6.61 Å². The molecule has 0 saturated carbocycles. The Bertz CT molecular complexity index is 785.